The number of amides is 1. The molecular formula is C17H27N3O5S2. The summed E-state index contributed by atoms with van der Waals surface area (Å²) in [4.78, 5) is 29.4. The number of aromatic nitrogens is 1. The van der Waals surface area contributed by atoms with Gasteiger partial charge in [0.1, 0.15) is 5.69 Å². The molecule has 2 saturated heterocycles. The van der Waals surface area contributed by atoms with Crippen molar-refractivity contribution < 1.29 is 23.1 Å². The molecule has 0 spiro atoms. The zero-order valence-electron chi connectivity index (χ0n) is 15.5. The molecule has 0 aliphatic carbocycles. The van der Waals surface area contributed by atoms with Gasteiger partial charge < -0.3 is 14.9 Å². The van der Waals surface area contributed by atoms with Gasteiger partial charge in [-0.25, -0.2) is 13.4 Å². The van der Waals surface area contributed by atoms with Gasteiger partial charge in [-0.05, 0) is 45.2 Å². The van der Waals surface area contributed by atoms with E-state index in [4.69, 9.17) is 9.90 Å². The van der Waals surface area contributed by atoms with Crippen LogP contribution in [0.1, 0.15) is 34.8 Å². The maximum atomic E-state index is 12.5. The molecule has 0 aromatic carbocycles. The third-order valence-electron chi connectivity index (χ3n) is 4.89. The van der Waals surface area contributed by atoms with Gasteiger partial charge in [0, 0.05) is 25.0 Å². The maximum absolute atomic E-state index is 12.5. The summed E-state index contributed by atoms with van der Waals surface area (Å²) in [5.41, 5.74) is 0.558. The topological polar surface area (TPSA) is 108 Å². The fourth-order valence-electron chi connectivity index (χ4n) is 3.49. The van der Waals surface area contributed by atoms with E-state index < -0.39 is 9.84 Å². The first-order valence-corrected chi connectivity index (χ1v) is 11.8. The highest BCUT2D eigenvalue weighted by atomic mass is 32.2. The lowest BCUT2D eigenvalue weighted by Gasteiger charge is -2.22. The summed E-state index contributed by atoms with van der Waals surface area (Å²) in [6.07, 6.45) is 2.71. The Balaban J connectivity index is 0.000000817. The molecule has 1 aromatic rings. The summed E-state index contributed by atoms with van der Waals surface area (Å²) in [5, 5.41) is 9.64. The molecule has 0 saturated carbocycles. The molecule has 2 aliphatic heterocycles. The van der Waals surface area contributed by atoms with E-state index in [1.807, 2.05) is 17.2 Å². The van der Waals surface area contributed by atoms with E-state index in [0.29, 0.717) is 23.1 Å². The molecule has 1 unspecified atom stereocenters. The van der Waals surface area contributed by atoms with Gasteiger partial charge in [0.25, 0.3) is 12.4 Å². The molecule has 152 valence electrons. The van der Waals surface area contributed by atoms with Crippen LogP contribution in [0.3, 0.4) is 0 Å². The molecule has 2 fully saturated rings. The Bertz CT molecular complexity index is 735. The summed E-state index contributed by atoms with van der Waals surface area (Å²) in [7, 11) is -2.78. The van der Waals surface area contributed by atoms with Crippen LogP contribution in [-0.2, 0) is 14.6 Å². The number of nitrogens with zero attached hydrogens (tertiary/aromatic N) is 3. The normalized spacial score (nSPS) is 22.6. The lowest BCUT2D eigenvalue weighted by atomic mass is 10.1. The fourth-order valence-corrected chi connectivity index (χ4v) is 5.98. The van der Waals surface area contributed by atoms with Crippen LogP contribution in [0.5, 0.6) is 0 Å². The number of carbonyl (C=O) groups excluding carboxylic acids is 1. The number of carboxylic acid groups (broad SMARTS) is 1. The van der Waals surface area contributed by atoms with E-state index in [-0.39, 0.29) is 12.4 Å². The summed E-state index contributed by atoms with van der Waals surface area (Å²) < 4.78 is 23.1. The van der Waals surface area contributed by atoms with Gasteiger partial charge in [-0.2, -0.15) is 0 Å². The van der Waals surface area contributed by atoms with E-state index in [0.717, 1.165) is 57.0 Å². The number of thiazole rings is 1. The Morgan fingerprint density at radius 1 is 1.37 bits per heavy atom. The molecule has 3 heterocycles. The number of rotatable bonds is 4. The van der Waals surface area contributed by atoms with Crippen LogP contribution in [0.4, 0.5) is 0 Å². The van der Waals surface area contributed by atoms with Crippen molar-refractivity contribution in [3.63, 3.8) is 0 Å². The Morgan fingerprint density at radius 3 is 2.70 bits per heavy atom. The molecule has 1 N–H and O–H groups in total. The van der Waals surface area contributed by atoms with Crippen LogP contribution < -0.4 is 0 Å². The number of hydrogen-bond donors (Lipinski definition) is 1. The third kappa shape index (κ3) is 6.86. The average Bonchev–Trinajstić information content (AvgIpc) is 3.11. The van der Waals surface area contributed by atoms with Crippen molar-refractivity contribution in [1.29, 1.82) is 0 Å². The van der Waals surface area contributed by atoms with Crippen molar-refractivity contribution in [1.82, 2.24) is 14.8 Å². The molecule has 0 radical (unpaired) electrons. The number of sulfone groups is 1. The molecular weight excluding hydrogens is 390 g/mol. The minimum Gasteiger partial charge on any atom is -0.483 e. The van der Waals surface area contributed by atoms with Gasteiger partial charge in [0.15, 0.2) is 9.84 Å². The lowest BCUT2D eigenvalue weighted by molar-refractivity contribution is -0.122. The standard InChI is InChI=1S/C16H25N3O3S2.CH2O2/c1-13-17-15(11-23-13)16(20)19-6-2-5-18(8-9-19)7-3-14-4-10-24(21,22)12-14;2-1-3/h11,14H,2-10,12H2,1H3;1H,(H,2,3). The molecule has 8 nitrogen and oxygen atoms in total. The van der Waals surface area contributed by atoms with Crippen molar-refractivity contribution in [3.05, 3.63) is 16.1 Å². The SMILES string of the molecule is Cc1nc(C(=O)N2CCCN(CCC3CCS(=O)(=O)C3)CC2)cs1.O=CO. The predicted molar refractivity (Wildman–Crippen MR) is 104 cm³/mol. The molecule has 1 aromatic heterocycles. The first-order chi connectivity index (χ1) is 12.8. The van der Waals surface area contributed by atoms with Crippen LogP contribution in [-0.4, -0.2) is 84.9 Å². The van der Waals surface area contributed by atoms with Gasteiger partial charge in [-0.15, -0.1) is 11.3 Å². The average molecular weight is 418 g/mol. The van der Waals surface area contributed by atoms with Crippen LogP contribution >= 0.6 is 11.3 Å². The highest BCUT2D eigenvalue weighted by Gasteiger charge is 2.28. The quantitative estimate of drug-likeness (QED) is 0.732. The zero-order valence-corrected chi connectivity index (χ0v) is 17.2. The van der Waals surface area contributed by atoms with Crippen LogP contribution in [0.2, 0.25) is 0 Å². The monoisotopic (exact) mass is 417 g/mol. The Kier molecular flexibility index (Phi) is 8.18. The van der Waals surface area contributed by atoms with Gasteiger partial charge in [0.2, 0.25) is 0 Å². The molecule has 1 atom stereocenters. The highest BCUT2D eigenvalue weighted by Crippen LogP contribution is 2.22. The number of carbonyl (C=O) groups is 2. The van der Waals surface area contributed by atoms with E-state index in [9.17, 15) is 13.2 Å². The molecule has 27 heavy (non-hydrogen) atoms. The van der Waals surface area contributed by atoms with Gasteiger partial charge >= 0.3 is 0 Å². The highest BCUT2D eigenvalue weighted by molar-refractivity contribution is 7.91. The van der Waals surface area contributed by atoms with E-state index in [1.165, 1.54) is 11.3 Å². The first kappa shape index (κ1) is 21.8. The van der Waals surface area contributed by atoms with Gasteiger partial charge in [-0.3, -0.25) is 9.59 Å². The van der Waals surface area contributed by atoms with Crippen molar-refractivity contribution in [3.8, 4) is 0 Å². The first-order valence-electron chi connectivity index (χ1n) is 9.06. The summed E-state index contributed by atoms with van der Waals surface area (Å²) in [6.45, 7) is 5.91. The van der Waals surface area contributed by atoms with Crippen molar-refractivity contribution in [2.45, 2.75) is 26.2 Å². The molecule has 1 amide bonds. The van der Waals surface area contributed by atoms with Crippen molar-refractivity contribution in [2.24, 2.45) is 5.92 Å². The predicted octanol–water partition coefficient (Wildman–Crippen LogP) is 1.13. The van der Waals surface area contributed by atoms with Crippen molar-refractivity contribution >= 4 is 33.6 Å². The minimum atomic E-state index is -2.78. The minimum absolute atomic E-state index is 0.0306. The van der Waals surface area contributed by atoms with E-state index in [2.05, 4.69) is 9.88 Å². The maximum Gasteiger partial charge on any atom is 0.290 e. The van der Waals surface area contributed by atoms with Crippen LogP contribution in [0.15, 0.2) is 5.38 Å². The van der Waals surface area contributed by atoms with Gasteiger partial charge in [-0.1, -0.05) is 0 Å². The van der Waals surface area contributed by atoms with E-state index in [1.54, 1.807) is 0 Å². The second-order valence-electron chi connectivity index (χ2n) is 6.90. The third-order valence-corrected chi connectivity index (χ3v) is 7.50. The fraction of sp³-hybridized carbons (Fsp3) is 0.706. The molecule has 3 rings (SSSR count). The van der Waals surface area contributed by atoms with Gasteiger partial charge in [0.05, 0.1) is 16.5 Å². The largest absolute Gasteiger partial charge is 0.483 e. The molecule has 0 bridgehead atoms. The molecule has 2 aliphatic rings. The molecule has 10 heteroatoms. The van der Waals surface area contributed by atoms with Crippen LogP contribution in [0.25, 0.3) is 0 Å². The summed E-state index contributed by atoms with van der Waals surface area (Å²) in [6, 6.07) is 0. The Morgan fingerprint density at radius 2 is 2.11 bits per heavy atom. The summed E-state index contributed by atoms with van der Waals surface area (Å²) in [5.74, 6) is 1.05. The second-order valence-corrected chi connectivity index (χ2v) is 10.2. The summed E-state index contributed by atoms with van der Waals surface area (Å²) >= 11 is 1.51. The Labute approximate surface area is 164 Å². The lowest BCUT2D eigenvalue weighted by Crippen LogP contribution is -2.35. The Hall–Kier alpha value is -1.52. The number of aryl methyl sites for hydroxylation is 1. The number of hydrogen-bond acceptors (Lipinski definition) is 7. The van der Waals surface area contributed by atoms with Crippen molar-refractivity contribution in [2.75, 3.05) is 44.2 Å². The smallest absolute Gasteiger partial charge is 0.290 e. The zero-order chi connectivity index (χ0) is 19.9. The van der Waals surface area contributed by atoms with E-state index >= 15 is 0 Å². The van der Waals surface area contributed by atoms with Crippen LogP contribution in [0, 0.1) is 12.8 Å². The second kappa shape index (κ2) is 10.1.